The van der Waals surface area contributed by atoms with Crippen LogP contribution in [0.1, 0.15) is 32.1 Å². The van der Waals surface area contributed by atoms with Crippen molar-refractivity contribution in [1.29, 1.82) is 0 Å². The molecular formula is C20H28O4. The number of allylic oxidation sites excluding steroid dienone is 7. The molecule has 0 spiro atoms. The fourth-order valence-electron chi connectivity index (χ4n) is 1.67. The number of aliphatic hydroxyl groups excluding tert-OH is 2. The number of hydrogen-bond donors (Lipinski definition) is 3. The minimum atomic E-state index is -0.840. The third-order valence-electron chi connectivity index (χ3n) is 2.89. The Morgan fingerprint density at radius 1 is 0.917 bits per heavy atom. The van der Waals surface area contributed by atoms with Crippen molar-refractivity contribution >= 4 is 5.97 Å². The Bertz CT molecular complexity index is 484. The lowest BCUT2D eigenvalue weighted by Crippen LogP contribution is -1.98. The van der Waals surface area contributed by atoms with Gasteiger partial charge in [-0.05, 0) is 25.7 Å². The van der Waals surface area contributed by atoms with Crippen LogP contribution in [0.5, 0.6) is 0 Å². The van der Waals surface area contributed by atoms with Gasteiger partial charge in [0.2, 0.25) is 0 Å². The van der Waals surface area contributed by atoms with Crippen LogP contribution < -0.4 is 0 Å². The molecule has 0 aliphatic carbocycles. The van der Waals surface area contributed by atoms with Crippen LogP contribution in [0.3, 0.4) is 0 Å². The Hall–Kier alpha value is -2.17. The van der Waals surface area contributed by atoms with Crippen LogP contribution in [0.2, 0.25) is 0 Å². The van der Waals surface area contributed by atoms with Gasteiger partial charge in [-0.15, -0.1) is 6.58 Å². The van der Waals surface area contributed by atoms with Crippen molar-refractivity contribution in [2.45, 2.75) is 44.3 Å². The van der Waals surface area contributed by atoms with E-state index in [2.05, 4.69) is 6.58 Å². The quantitative estimate of drug-likeness (QED) is 0.355. The maximum Gasteiger partial charge on any atom is 0.303 e. The second-order valence-electron chi connectivity index (χ2n) is 5.13. The highest BCUT2D eigenvalue weighted by Crippen LogP contribution is 1.98. The van der Waals surface area contributed by atoms with E-state index in [-0.39, 0.29) is 6.42 Å². The average molecular weight is 332 g/mol. The highest BCUT2D eigenvalue weighted by atomic mass is 16.4. The zero-order valence-corrected chi connectivity index (χ0v) is 14.0. The van der Waals surface area contributed by atoms with Crippen molar-refractivity contribution in [3.8, 4) is 0 Å². The van der Waals surface area contributed by atoms with Gasteiger partial charge in [0.15, 0.2) is 0 Å². The minimum absolute atomic E-state index is 0.0750. The maximum absolute atomic E-state index is 10.3. The molecule has 0 aliphatic rings. The smallest absolute Gasteiger partial charge is 0.303 e. The summed E-state index contributed by atoms with van der Waals surface area (Å²) < 4.78 is 0. The molecule has 0 aromatic heterocycles. The summed E-state index contributed by atoms with van der Waals surface area (Å²) in [7, 11) is 0. The van der Waals surface area contributed by atoms with Gasteiger partial charge in [-0.2, -0.15) is 0 Å². The zero-order valence-electron chi connectivity index (χ0n) is 14.0. The first-order chi connectivity index (χ1) is 11.6. The molecule has 0 aromatic carbocycles. The van der Waals surface area contributed by atoms with E-state index >= 15 is 0 Å². The van der Waals surface area contributed by atoms with Crippen molar-refractivity contribution in [1.82, 2.24) is 0 Å². The number of carbonyl (C=O) groups is 1. The molecule has 0 amide bonds. The van der Waals surface area contributed by atoms with E-state index in [9.17, 15) is 15.0 Å². The van der Waals surface area contributed by atoms with Gasteiger partial charge in [0, 0.05) is 6.42 Å². The molecule has 0 heterocycles. The third kappa shape index (κ3) is 16.2. The summed E-state index contributed by atoms with van der Waals surface area (Å²) in [6, 6.07) is 0. The largest absolute Gasteiger partial charge is 0.481 e. The number of aliphatic carboxylic acids is 1. The molecule has 0 saturated heterocycles. The monoisotopic (exact) mass is 332 g/mol. The molecule has 0 aliphatic heterocycles. The summed E-state index contributed by atoms with van der Waals surface area (Å²) in [6.45, 7) is 3.56. The molecule has 0 saturated carbocycles. The van der Waals surface area contributed by atoms with E-state index in [4.69, 9.17) is 5.11 Å². The van der Waals surface area contributed by atoms with Gasteiger partial charge in [-0.25, -0.2) is 0 Å². The molecule has 4 nitrogen and oxygen atoms in total. The predicted octanol–water partition coefficient (Wildman–Crippen LogP) is 3.71. The SMILES string of the molecule is C=CCC(O)C=CC=CCC=CCC=CC(O)C=CCCC(=O)O. The summed E-state index contributed by atoms with van der Waals surface area (Å²) in [4.78, 5) is 10.3. The topological polar surface area (TPSA) is 77.8 Å². The molecule has 0 bridgehead atoms. The van der Waals surface area contributed by atoms with E-state index < -0.39 is 18.2 Å². The Balaban J connectivity index is 3.80. The number of hydrogen-bond acceptors (Lipinski definition) is 3. The second-order valence-corrected chi connectivity index (χ2v) is 5.13. The Morgan fingerprint density at radius 2 is 1.58 bits per heavy atom. The first-order valence-corrected chi connectivity index (χ1v) is 8.06. The molecule has 0 rings (SSSR count). The summed E-state index contributed by atoms with van der Waals surface area (Å²) in [5.41, 5.74) is 0. The maximum atomic E-state index is 10.3. The standard InChI is InChI=1S/C20H28O4/c1-2-13-18(21)14-9-7-5-3-4-6-8-10-15-19(22)16-11-12-17-20(23)24/h2,4-7,9-11,14-16,18-19,21-22H,1,3,8,12-13,17H2,(H,23,24). The normalized spacial score (nSPS) is 15.2. The van der Waals surface area contributed by atoms with E-state index in [1.165, 1.54) is 0 Å². The first kappa shape index (κ1) is 21.8. The van der Waals surface area contributed by atoms with Crippen LogP contribution in [-0.2, 0) is 4.79 Å². The predicted molar refractivity (Wildman–Crippen MR) is 98.6 cm³/mol. The Kier molecular flexibility index (Phi) is 14.3. The highest BCUT2D eigenvalue weighted by molar-refractivity contribution is 5.66. The molecule has 24 heavy (non-hydrogen) atoms. The van der Waals surface area contributed by atoms with E-state index in [1.807, 2.05) is 36.5 Å². The van der Waals surface area contributed by atoms with Gasteiger partial charge in [0.1, 0.15) is 0 Å². The van der Waals surface area contributed by atoms with Crippen molar-refractivity contribution in [2.75, 3.05) is 0 Å². The van der Waals surface area contributed by atoms with Crippen molar-refractivity contribution in [2.24, 2.45) is 0 Å². The van der Waals surface area contributed by atoms with Crippen LogP contribution in [-0.4, -0.2) is 33.5 Å². The fourth-order valence-corrected chi connectivity index (χ4v) is 1.67. The van der Waals surface area contributed by atoms with Crippen molar-refractivity contribution in [3.63, 3.8) is 0 Å². The van der Waals surface area contributed by atoms with E-state index in [0.717, 1.165) is 12.8 Å². The average Bonchev–Trinajstić information content (AvgIpc) is 2.53. The van der Waals surface area contributed by atoms with Crippen LogP contribution in [0, 0.1) is 0 Å². The zero-order chi connectivity index (χ0) is 18.0. The van der Waals surface area contributed by atoms with Gasteiger partial charge in [0.25, 0.3) is 0 Å². The van der Waals surface area contributed by atoms with Crippen LogP contribution in [0.4, 0.5) is 0 Å². The van der Waals surface area contributed by atoms with Crippen molar-refractivity contribution < 1.29 is 20.1 Å². The van der Waals surface area contributed by atoms with E-state index in [1.54, 1.807) is 30.4 Å². The summed E-state index contributed by atoms with van der Waals surface area (Å²) >= 11 is 0. The van der Waals surface area contributed by atoms with E-state index in [0.29, 0.717) is 12.8 Å². The summed E-state index contributed by atoms with van der Waals surface area (Å²) in [5.74, 6) is -0.840. The molecule has 3 N–H and O–H groups in total. The minimum Gasteiger partial charge on any atom is -0.481 e. The number of carboxylic acid groups (broad SMARTS) is 1. The van der Waals surface area contributed by atoms with Crippen molar-refractivity contribution in [3.05, 3.63) is 73.4 Å². The van der Waals surface area contributed by atoms with Gasteiger partial charge in [0.05, 0.1) is 12.2 Å². The molecule has 2 unspecified atom stereocenters. The molecular weight excluding hydrogens is 304 g/mol. The number of aliphatic hydroxyl groups is 2. The molecule has 2 atom stereocenters. The second kappa shape index (κ2) is 15.7. The number of carboxylic acids is 1. The summed E-state index contributed by atoms with van der Waals surface area (Å²) in [6.07, 6.45) is 21.3. The molecule has 4 heteroatoms. The van der Waals surface area contributed by atoms with Crippen LogP contribution >= 0.6 is 0 Å². The fraction of sp³-hybridized carbons (Fsp3) is 0.350. The number of rotatable bonds is 13. The molecule has 0 fully saturated rings. The van der Waals surface area contributed by atoms with Gasteiger partial charge in [-0.3, -0.25) is 4.79 Å². The van der Waals surface area contributed by atoms with Gasteiger partial charge in [-0.1, -0.05) is 66.8 Å². The van der Waals surface area contributed by atoms with Gasteiger partial charge < -0.3 is 15.3 Å². The lowest BCUT2D eigenvalue weighted by molar-refractivity contribution is -0.136. The van der Waals surface area contributed by atoms with Crippen LogP contribution in [0.25, 0.3) is 0 Å². The molecule has 0 aromatic rings. The lowest BCUT2D eigenvalue weighted by Gasteiger charge is -1.97. The first-order valence-electron chi connectivity index (χ1n) is 8.06. The molecule has 0 radical (unpaired) electrons. The van der Waals surface area contributed by atoms with Crippen LogP contribution in [0.15, 0.2) is 73.4 Å². The lowest BCUT2D eigenvalue weighted by atomic mass is 10.2. The van der Waals surface area contributed by atoms with Gasteiger partial charge >= 0.3 is 5.97 Å². The highest BCUT2D eigenvalue weighted by Gasteiger charge is 1.94. The summed E-state index contributed by atoms with van der Waals surface area (Å²) in [5, 5.41) is 27.5. The third-order valence-corrected chi connectivity index (χ3v) is 2.89. The molecule has 132 valence electrons. The Morgan fingerprint density at radius 3 is 2.25 bits per heavy atom. The Labute approximate surface area is 144 Å².